The van der Waals surface area contributed by atoms with E-state index in [9.17, 15) is 9.59 Å². The summed E-state index contributed by atoms with van der Waals surface area (Å²) < 4.78 is 20.0. The number of nitrogens with one attached hydrogen (secondary N) is 3. The maximum atomic E-state index is 14.7. The molecule has 2 aliphatic rings. The van der Waals surface area contributed by atoms with Gasteiger partial charge in [-0.1, -0.05) is 80.4 Å². The van der Waals surface area contributed by atoms with E-state index in [4.69, 9.17) is 47.1 Å². The first-order valence-corrected chi connectivity index (χ1v) is 27.6. The van der Waals surface area contributed by atoms with Crippen molar-refractivity contribution < 1.29 is 36.2 Å². The van der Waals surface area contributed by atoms with Gasteiger partial charge in [-0.2, -0.15) is 15.0 Å². The lowest BCUT2D eigenvalue weighted by molar-refractivity contribution is -0.136. The van der Waals surface area contributed by atoms with Crippen molar-refractivity contribution in [3.05, 3.63) is 95.8 Å². The van der Waals surface area contributed by atoms with Gasteiger partial charge in [0.05, 0.1) is 68.9 Å². The van der Waals surface area contributed by atoms with Crippen LogP contribution in [0.3, 0.4) is 0 Å². The Hall–Kier alpha value is -7.20. The number of rotatable bonds is 27. The molecule has 0 radical (unpaired) electrons. The van der Waals surface area contributed by atoms with Gasteiger partial charge in [-0.05, 0) is 59.7 Å². The van der Waals surface area contributed by atoms with Gasteiger partial charge in [0.25, 0.3) is 0 Å². The van der Waals surface area contributed by atoms with Crippen LogP contribution in [-0.4, -0.2) is 175 Å². The summed E-state index contributed by atoms with van der Waals surface area (Å²) in [7, 11) is 0. The highest BCUT2D eigenvalue weighted by Gasteiger charge is 2.34. The Morgan fingerprint density at radius 2 is 1.07 bits per heavy atom. The summed E-state index contributed by atoms with van der Waals surface area (Å²) in [5.74, 6) is 4.39. The van der Waals surface area contributed by atoms with E-state index in [1.807, 2.05) is 58.6 Å². The number of H-pyrrole nitrogens is 2. The molecule has 0 unspecified atom stereocenters. The van der Waals surface area contributed by atoms with Gasteiger partial charge >= 0.3 is 0 Å². The van der Waals surface area contributed by atoms with Gasteiger partial charge in [0, 0.05) is 94.2 Å². The molecule has 0 aliphatic carbocycles. The van der Waals surface area contributed by atoms with Crippen LogP contribution >= 0.6 is 0 Å². The number of terminal acetylenes is 1. The first kappa shape index (κ1) is 58.9. The number of nitrogens with two attached hydrogens (primary N) is 2. The van der Waals surface area contributed by atoms with E-state index in [2.05, 4.69) is 104 Å². The molecule has 9 rings (SSSR count). The molecule has 2 amide bonds. The summed E-state index contributed by atoms with van der Waals surface area (Å²) in [5, 5.41) is 23.4. The topological polar surface area (TPSA) is 271 Å². The maximum absolute atomic E-state index is 14.7. The fraction of sp³-hybridized carbons (Fsp3) is 0.518. The van der Waals surface area contributed by atoms with Crippen LogP contribution in [0.4, 0.5) is 17.8 Å². The smallest absolute Gasteiger partial charge is 0.248 e. The van der Waals surface area contributed by atoms with Crippen molar-refractivity contribution in [2.75, 3.05) is 114 Å². The first-order valence-electron chi connectivity index (χ1n) is 27.6. The number of para-hydroxylation sites is 2. The third-order valence-corrected chi connectivity index (χ3v) is 14.3. The second-order valence-electron chi connectivity index (χ2n) is 21.2. The van der Waals surface area contributed by atoms with Gasteiger partial charge in [0.15, 0.2) is 0 Å². The zero-order valence-corrected chi connectivity index (χ0v) is 47.0. The van der Waals surface area contributed by atoms with Gasteiger partial charge in [-0.25, -0.2) is 9.36 Å². The van der Waals surface area contributed by atoms with Crippen molar-refractivity contribution in [3.8, 4) is 12.3 Å². The van der Waals surface area contributed by atoms with Crippen molar-refractivity contribution >= 4 is 51.5 Å². The van der Waals surface area contributed by atoms with Crippen molar-refractivity contribution in [2.24, 2.45) is 23.3 Å². The molecule has 2 aromatic carbocycles. The molecule has 428 valence electrons. The van der Waals surface area contributed by atoms with Gasteiger partial charge in [0.1, 0.15) is 18.7 Å². The first-order chi connectivity index (χ1) is 38.4. The molecule has 24 heteroatoms. The van der Waals surface area contributed by atoms with Crippen LogP contribution in [0.15, 0.2) is 73.1 Å². The minimum atomic E-state index is -0.663. The number of hydrogen-bond donors (Lipinski definition) is 5. The molecule has 4 atom stereocenters. The molecule has 0 spiro atoms. The maximum Gasteiger partial charge on any atom is 0.248 e. The molecule has 2 fully saturated rings. The van der Waals surface area contributed by atoms with Crippen molar-refractivity contribution in [1.29, 1.82) is 0 Å². The Balaban J connectivity index is 0.00000841. The van der Waals surface area contributed by atoms with E-state index in [0.717, 1.165) is 46.0 Å². The summed E-state index contributed by atoms with van der Waals surface area (Å²) in [5.41, 5.74) is 18.3. The van der Waals surface area contributed by atoms with Crippen molar-refractivity contribution in [3.63, 3.8) is 0 Å². The number of carbonyl (C=O) groups is 2. The predicted molar refractivity (Wildman–Crippen MR) is 302 cm³/mol. The quantitative estimate of drug-likeness (QED) is 0.0361. The van der Waals surface area contributed by atoms with Crippen LogP contribution in [0.1, 0.15) is 87.5 Å². The zero-order valence-electron chi connectivity index (χ0n) is 46.3. The summed E-state index contributed by atoms with van der Waals surface area (Å²) >= 11 is 0. The van der Waals surface area contributed by atoms with Gasteiger partial charge in [-0.15, -0.1) is 16.6 Å². The third kappa shape index (κ3) is 15.4. The lowest BCUT2D eigenvalue weighted by atomic mass is 10.0. The molecule has 0 saturated carbocycles. The standard InChI is InChI=1S/C56H76N18O5.ClH/c1-6-24-77-26-28-79-29-27-78-25-15-59-54-62-55(71-20-16-69(17-21-71)52(75)50(34-42-32-40-11-7-9-13-46(40)60-42)73-36-48(65-67-73)44(57)30-38(2)3)64-56(63-54)72-22-18-70(19-23-72)53(76)51(35-43-33-41-12-8-10-14-47(41)61-43)74-37-49(66-68-74)45(58)31-39(4)5;/h1,7-14,32-33,36-39,44-45,50-51,60-61H,15-31,34-35,57-58H2,2-5H3,(H,59,62,63,64);1H/p-1/t44-,45-,50-,51-;/m0./s1. The van der Waals surface area contributed by atoms with E-state index < -0.39 is 12.1 Å². The lowest BCUT2D eigenvalue weighted by Gasteiger charge is -2.38. The Bertz CT molecular complexity index is 2870. The van der Waals surface area contributed by atoms with E-state index in [-0.39, 0.29) is 42.9 Å². The van der Waals surface area contributed by atoms with E-state index in [1.165, 1.54) is 0 Å². The monoisotopic (exact) mass is 1120 g/mol. The number of fused-ring (bicyclic) bond motifs is 2. The van der Waals surface area contributed by atoms with Gasteiger partial charge < -0.3 is 73.0 Å². The number of benzene rings is 2. The van der Waals surface area contributed by atoms with Crippen LogP contribution in [0.5, 0.6) is 0 Å². The number of anilines is 3. The second kappa shape index (κ2) is 28.3. The van der Waals surface area contributed by atoms with Crippen LogP contribution in [0.2, 0.25) is 0 Å². The number of aromatic amines is 2. The summed E-state index contributed by atoms with van der Waals surface area (Å²) in [6, 6.07) is 18.4. The molecule has 5 aromatic heterocycles. The van der Waals surface area contributed by atoms with Crippen LogP contribution in [-0.2, 0) is 36.6 Å². The Morgan fingerprint density at radius 1 is 0.637 bits per heavy atom. The van der Waals surface area contributed by atoms with Crippen molar-refractivity contribution in [2.45, 2.75) is 77.5 Å². The Morgan fingerprint density at radius 3 is 1.51 bits per heavy atom. The van der Waals surface area contributed by atoms with Crippen LogP contribution in [0, 0.1) is 24.2 Å². The molecule has 2 saturated heterocycles. The lowest BCUT2D eigenvalue weighted by Crippen LogP contribution is -3.00. The number of piperazine rings is 2. The number of carbonyl (C=O) groups excluding carboxylic acids is 2. The molecule has 2 aliphatic heterocycles. The van der Waals surface area contributed by atoms with Gasteiger partial charge in [0.2, 0.25) is 29.7 Å². The highest BCUT2D eigenvalue weighted by molar-refractivity contribution is 5.84. The molecular formula is C56H76ClN18O5-. The number of aromatic nitrogens is 11. The number of ether oxygens (including phenoxy) is 3. The highest BCUT2D eigenvalue weighted by Crippen LogP contribution is 2.28. The summed E-state index contributed by atoms with van der Waals surface area (Å²) in [4.78, 5) is 59.3. The summed E-state index contributed by atoms with van der Waals surface area (Å²) in [6.45, 7) is 14.8. The van der Waals surface area contributed by atoms with Crippen molar-refractivity contribution in [1.82, 2.24) is 64.7 Å². The Labute approximate surface area is 473 Å². The summed E-state index contributed by atoms with van der Waals surface area (Å²) in [6.07, 6.45) is 11.2. The number of halogens is 1. The van der Waals surface area contributed by atoms with Crippen LogP contribution in [0.25, 0.3) is 21.8 Å². The number of amides is 2. The largest absolute Gasteiger partial charge is 1.00 e. The minimum Gasteiger partial charge on any atom is -1.00 e. The number of hydrogen-bond acceptors (Lipinski definition) is 17. The molecule has 80 heavy (non-hydrogen) atoms. The van der Waals surface area contributed by atoms with E-state index in [1.54, 1.807) is 9.36 Å². The number of nitrogens with zero attached hydrogens (tertiary/aromatic N) is 13. The fourth-order valence-corrected chi connectivity index (χ4v) is 10.2. The SMILES string of the molecule is C#CCOCCOCCOCCNc1nc(N2CCN(C(=O)[C@H](Cc3cc4ccccc4[nH]3)n3cc([C@@H](N)CC(C)C)nn3)CC2)nc(N2CCN(C(=O)[C@H](Cc3cc4ccccc4[nH]3)n3cc([C@@H](N)CC(C)C)nn3)CC2)n1.[Cl-]. The predicted octanol–water partition coefficient (Wildman–Crippen LogP) is 1.47. The fourth-order valence-electron chi connectivity index (χ4n) is 10.2. The zero-order chi connectivity index (χ0) is 55.3. The molecule has 7 aromatic rings. The molecule has 0 bridgehead atoms. The van der Waals surface area contributed by atoms with E-state index >= 15 is 0 Å². The van der Waals surface area contributed by atoms with Gasteiger partial charge in [-0.3, -0.25) is 9.59 Å². The Kier molecular flexibility index (Phi) is 20.8. The second-order valence-corrected chi connectivity index (χ2v) is 21.2. The van der Waals surface area contributed by atoms with Crippen LogP contribution < -0.4 is 39.0 Å². The average molecular weight is 1120 g/mol. The highest BCUT2D eigenvalue weighted by atomic mass is 35.5. The molecule has 7 heterocycles. The normalized spacial score (nSPS) is 15.6. The van der Waals surface area contributed by atoms with E-state index in [0.29, 0.717) is 146 Å². The molecule has 7 N–H and O–H groups in total. The minimum absolute atomic E-state index is 0. The third-order valence-electron chi connectivity index (χ3n) is 14.3. The average Bonchev–Trinajstić information content (AvgIpc) is 4.30. The molecular weight excluding hydrogens is 1040 g/mol. The molecule has 23 nitrogen and oxygen atoms in total.